The molecule has 0 unspecified atom stereocenters. The average Bonchev–Trinajstić information content (AvgIpc) is 2.16. The van der Waals surface area contributed by atoms with E-state index in [9.17, 15) is 4.79 Å². The van der Waals surface area contributed by atoms with Gasteiger partial charge in [0.15, 0.2) is 0 Å². The number of aromatic nitrogens is 1. The van der Waals surface area contributed by atoms with Crippen molar-refractivity contribution >= 4 is 23.6 Å². The fraction of sp³-hybridized carbons (Fsp3) is 0. The molecule has 0 aromatic carbocycles. The number of nitriles is 1. The summed E-state index contributed by atoms with van der Waals surface area (Å²) in [6, 6.07) is 3.27. The predicted octanol–water partition coefficient (Wildman–Crippen LogP) is 1.13. The highest BCUT2D eigenvalue weighted by molar-refractivity contribution is 6.32. The van der Waals surface area contributed by atoms with Crippen molar-refractivity contribution in [1.29, 1.82) is 5.26 Å². The highest BCUT2D eigenvalue weighted by atomic mass is 35.5. The Hall–Kier alpha value is -1.86. The molecule has 1 rings (SSSR count). The Morgan fingerprint density at radius 1 is 1.71 bits per heavy atom. The smallest absolute Gasteiger partial charge is 0.259 e. The maximum atomic E-state index is 10.7. The van der Waals surface area contributed by atoms with Gasteiger partial charge in [0.1, 0.15) is 11.6 Å². The summed E-state index contributed by atoms with van der Waals surface area (Å²) in [6.07, 6.45) is 4.25. The molecule has 0 saturated carbocycles. The van der Waals surface area contributed by atoms with Crippen molar-refractivity contribution in [2.24, 2.45) is 5.73 Å². The number of carbonyl (C=O) groups excluding carboxylic acids is 1. The van der Waals surface area contributed by atoms with Gasteiger partial charge in [-0.3, -0.25) is 9.78 Å². The van der Waals surface area contributed by atoms with Crippen LogP contribution in [0, 0.1) is 11.3 Å². The highest BCUT2D eigenvalue weighted by Crippen LogP contribution is 2.16. The van der Waals surface area contributed by atoms with Crippen molar-refractivity contribution in [1.82, 2.24) is 4.98 Å². The van der Waals surface area contributed by atoms with E-state index in [1.165, 1.54) is 18.5 Å². The molecule has 0 aliphatic rings. The molecule has 1 aromatic rings. The largest absolute Gasteiger partial charge is 0.365 e. The third-order valence-corrected chi connectivity index (χ3v) is 1.81. The Bertz CT molecular complexity index is 434. The topological polar surface area (TPSA) is 79.8 Å². The summed E-state index contributed by atoms with van der Waals surface area (Å²) < 4.78 is 0. The van der Waals surface area contributed by atoms with Crippen molar-refractivity contribution in [3.8, 4) is 6.07 Å². The van der Waals surface area contributed by atoms with E-state index in [0.29, 0.717) is 10.6 Å². The van der Waals surface area contributed by atoms with E-state index in [1.54, 1.807) is 12.1 Å². The molecule has 1 heterocycles. The Kier molecular flexibility index (Phi) is 3.21. The van der Waals surface area contributed by atoms with Crippen molar-refractivity contribution < 1.29 is 4.79 Å². The zero-order chi connectivity index (χ0) is 10.6. The summed E-state index contributed by atoms with van der Waals surface area (Å²) >= 11 is 5.76. The predicted molar refractivity (Wildman–Crippen MR) is 52.0 cm³/mol. The number of nitrogens with two attached hydrogens (primary N) is 1. The molecule has 1 aromatic heterocycles. The van der Waals surface area contributed by atoms with Crippen molar-refractivity contribution in [2.45, 2.75) is 0 Å². The molecular weight excluding hydrogens is 202 g/mol. The fourth-order valence-corrected chi connectivity index (χ4v) is 0.991. The SMILES string of the molecule is N#CC(=Cc1ccncc1Cl)C(N)=O. The molecule has 4 nitrogen and oxygen atoms in total. The van der Waals surface area contributed by atoms with E-state index in [2.05, 4.69) is 4.98 Å². The maximum Gasteiger partial charge on any atom is 0.259 e. The third-order valence-electron chi connectivity index (χ3n) is 1.49. The third kappa shape index (κ3) is 2.31. The van der Waals surface area contributed by atoms with Gasteiger partial charge in [0, 0.05) is 12.4 Å². The van der Waals surface area contributed by atoms with Crippen LogP contribution in [0.25, 0.3) is 6.08 Å². The van der Waals surface area contributed by atoms with Crippen molar-refractivity contribution in [3.63, 3.8) is 0 Å². The van der Waals surface area contributed by atoms with Crippen LogP contribution in [0.3, 0.4) is 0 Å². The first-order chi connectivity index (χ1) is 6.65. The molecular formula is C9H6ClN3O. The molecule has 0 bridgehead atoms. The molecule has 70 valence electrons. The van der Waals surface area contributed by atoms with Gasteiger partial charge in [0.25, 0.3) is 5.91 Å². The van der Waals surface area contributed by atoms with E-state index >= 15 is 0 Å². The monoisotopic (exact) mass is 207 g/mol. The van der Waals surface area contributed by atoms with Gasteiger partial charge in [-0.25, -0.2) is 0 Å². The number of hydrogen-bond acceptors (Lipinski definition) is 3. The highest BCUT2D eigenvalue weighted by Gasteiger charge is 2.04. The van der Waals surface area contributed by atoms with Crippen LogP contribution in [-0.4, -0.2) is 10.9 Å². The first kappa shape index (κ1) is 10.2. The molecule has 0 radical (unpaired) electrons. The summed E-state index contributed by atoms with van der Waals surface area (Å²) in [4.78, 5) is 14.5. The second kappa shape index (κ2) is 4.40. The average molecular weight is 208 g/mol. The first-order valence-corrected chi connectivity index (χ1v) is 4.04. The van der Waals surface area contributed by atoms with Gasteiger partial charge in [-0.1, -0.05) is 11.6 Å². The van der Waals surface area contributed by atoms with Gasteiger partial charge >= 0.3 is 0 Å². The molecule has 5 heteroatoms. The van der Waals surface area contributed by atoms with Crippen LogP contribution >= 0.6 is 11.6 Å². The van der Waals surface area contributed by atoms with E-state index in [0.717, 1.165) is 0 Å². The minimum Gasteiger partial charge on any atom is -0.365 e. The number of primary amides is 1. The Morgan fingerprint density at radius 3 is 2.93 bits per heavy atom. The lowest BCUT2D eigenvalue weighted by Crippen LogP contribution is -2.12. The number of carbonyl (C=O) groups is 1. The van der Waals surface area contributed by atoms with Gasteiger partial charge in [0.05, 0.1) is 5.02 Å². The Morgan fingerprint density at radius 2 is 2.43 bits per heavy atom. The van der Waals surface area contributed by atoms with Gasteiger partial charge in [-0.15, -0.1) is 0 Å². The van der Waals surface area contributed by atoms with Crippen LogP contribution in [0.15, 0.2) is 24.0 Å². The molecule has 14 heavy (non-hydrogen) atoms. The molecule has 1 amide bonds. The second-order valence-electron chi connectivity index (χ2n) is 2.43. The van der Waals surface area contributed by atoms with Gasteiger partial charge in [-0.05, 0) is 17.7 Å². The normalized spacial score (nSPS) is 10.7. The molecule has 0 aliphatic heterocycles. The molecule has 0 spiro atoms. The molecule has 2 N–H and O–H groups in total. The van der Waals surface area contributed by atoms with Gasteiger partial charge in [0.2, 0.25) is 0 Å². The maximum absolute atomic E-state index is 10.7. The number of nitrogens with zero attached hydrogens (tertiary/aromatic N) is 2. The zero-order valence-electron chi connectivity index (χ0n) is 7.07. The Labute approximate surface area is 85.6 Å². The molecule has 0 saturated heterocycles. The minimum absolute atomic E-state index is 0.141. The lowest BCUT2D eigenvalue weighted by atomic mass is 10.1. The Balaban J connectivity index is 3.15. The van der Waals surface area contributed by atoms with Crippen molar-refractivity contribution in [2.75, 3.05) is 0 Å². The van der Waals surface area contributed by atoms with E-state index in [1.807, 2.05) is 0 Å². The number of hydrogen-bond donors (Lipinski definition) is 1. The number of halogens is 1. The quantitative estimate of drug-likeness (QED) is 0.583. The van der Waals surface area contributed by atoms with Crippen molar-refractivity contribution in [3.05, 3.63) is 34.6 Å². The van der Waals surface area contributed by atoms with Crippen LogP contribution in [-0.2, 0) is 4.79 Å². The fourth-order valence-electron chi connectivity index (χ4n) is 0.817. The van der Waals surface area contributed by atoms with Gasteiger partial charge < -0.3 is 5.73 Å². The number of pyridine rings is 1. The summed E-state index contributed by atoms with van der Waals surface area (Å²) in [5, 5.41) is 8.93. The zero-order valence-corrected chi connectivity index (χ0v) is 7.82. The van der Waals surface area contributed by atoms with E-state index in [-0.39, 0.29) is 5.57 Å². The summed E-state index contributed by atoms with van der Waals surface area (Å²) in [5.41, 5.74) is 5.35. The lowest BCUT2D eigenvalue weighted by molar-refractivity contribution is -0.114. The van der Waals surface area contributed by atoms with E-state index < -0.39 is 5.91 Å². The lowest BCUT2D eigenvalue weighted by Gasteiger charge is -1.96. The number of rotatable bonds is 2. The van der Waals surface area contributed by atoms with Crippen LogP contribution in [0.4, 0.5) is 0 Å². The van der Waals surface area contributed by atoms with Crippen LogP contribution in [0.2, 0.25) is 5.02 Å². The molecule has 0 fully saturated rings. The second-order valence-corrected chi connectivity index (χ2v) is 2.84. The van der Waals surface area contributed by atoms with E-state index in [4.69, 9.17) is 22.6 Å². The number of amides is 1. The molecule has 0 aliphatic carbocycles. The summed E-state index contributed by atoms with van der Waals surface area (Å²) in [6.45, 7) is 0. The standard InChI is InChI=1S/C9H6ClN3O/c10-8-5-13-2-1-6(8)3-7(4-11)9(12)14/h1-3,5H,(H2,12,14). The first-order valence-electron chi connectivity index (χ1n) is 3.66. The summed E-state index contributed by atoms with van der Waals surface area (Å²) in [7, 11) is 0. The van der Waals surface area contributed by atoms with Crippen LogP contribution < -0.4 is 5.73 Å². The summed E-state index contributed by atoms with van der Waals surface area (Å²) in [5.74, 6) is -0.777. The minimum atomic E-state index is -0.777. The van der Waals surface area contributed by atoms with Crippen LogP contribution in [0.1, 0.15) is 5.56 Å². The van der Waals surface area contributed by atoms with Crippen LogP contribution in [0.5, 0.6) is 0 Å². The molecule has 0 atom stereocenters. The van der Waals surface area contributed by atoms with Gasteiger partial charge in [-0.2, -0.15) is 5.26 Å².